The number of rotatable bonds is 10. The molecule has 0 aromatic heterocycles. The van der Waals surface area contributed by atoms with E-state index < -0.39 is 42.0 Å². The van der Waals surface area contributed by atoms with Crippen LogP contribution >= 0.6 is 11.6 Å². The molecular weight excluding hydrogens is 474 g/mol. The molecule has 184 valence electrons. The third-order valence-electron chi connectivity index (χ3n) is 5.03. The van der Waals surface area contributed by atoms with Gasteiger partial charge in [-0.05, 0) is 36.2 Å². The van der Waals surface area contributed by atoms with Gasteiger partial charge in [-0.25, -0.2) is 0 Å². The maximum Gasteiger partial charge on any atom is 0.303 e. The predicted octanol–water partition coefficient (Wildman–Crippen LogP) is 3.19. The Morgan fingerprint density at radius 2 is 1.54 bits per heavy atom. The Balaban J connectivity index is 2.39. The lowest BCUT2D eigenvalue weighted by atomic mass is 10.0. The Bertz CT molecular complexity index is 1080. The maximum atomic E-state index is 13.5. The van der Waals surface area contributed by atoms with Crippen molar-refractivity contribution in [3.8, 4) is 6.07 Å². The first kappa shape index (κ1) is 27.3. The van der Waals surface area contributed by atoms with Gasteiger partial charge in [0.1, 0.15) is 0 Å². The van der Waals surface area contributed by atoms with Gasteiger partial charge in [0.25, 0.3) is 11.8 Å². The number of esters is 2. The van der Waals surface area contributed by atoms with E-state index in [2.05, 4.69) is 5.32 Å². The Morgan fingerprint density at radius 1 is 0.971 bits per heavy atom. The van der Waals surface area contributed by atoms with Crippen LogP contribution in [0.15, 0.2) is 54.6 Å². The highest BCUT2D eigenvalue weighted by Crippen LogP contribution is 2.26. The maximum absolute atomic E-state index is 13.5. The largest absolute Gasteiger partial charge is 0.448 e. The van der Waals surface area contributed by atoms with E-state index in [1.807, 2.05) is 36.4 Å². The molecular formula is C25H26ClN3O6. The van der Waals surface area contributed by atoms with Gasteiger partial charge in [0.15, 0.2) is 0 Å². The van der Waals surface area contributed by atoms with Gasteiger partial charge in [-0.3, -0.25) is 19.2 Å². The summed E-state index contributed by atoms with van der Waals surface area (Å²) in [6.45, 7) is 2.15. The quantitative estimate of drug-likeness (QED) is 0.393. The smallest absolute Gasteiger partial charge is 0.303 e. The fourth-order valence-electron chi connectivity index (χ4n) is 3.41. The molecule has 0 bridgehead atoms. The number of ether oxygens (including phenoxy) is 2. The van der Waals surface area contributed by atoms with Crippen molar-refractivity contribution in [3.05, 3.63) is 65.7 Å². The molecule has 35 heavy (non-hydrogen) atoms. The van der Waals surface area contributed by atoms with Gasteiger partial charge >= 0.3 is 11.9 Å². The molecule has 0 aliphatic heterocycles. The standard InChI is InChI=1S/C25H26ClN3O6/c1-16(30)34-22(24(32)28-20-11-9-18(15-27)10-12-20)23(35-17(2)31)25(33)29(3)21(13-14-26)19-7-5-4-6-8-19/h4-12,21-23H,13-14H2,1-3H3,(H,28,32)/t21?,22-,23-/m1/s1. The molecule has 2 amide bonds. The summed E-state index contributed by atoms with van der Waals surface area (Å²) in [5, 5.41) is 11.5. The van der Waals surface area contributed by atoms with Gasteiger partial charge in [-0.15, -0.1) is 11.6 Å². The first-order chi connectivity index (χ1) is 16.7. The zero-order valence-corrected chi connectivity index (χ0v) is 20.3. The van der Waals surface area contributed by atoms with Crippen LogP contribution in [-0.2, 0) is 28.7 Å². The summed E-state index contributed by atoms with van der Waals surface area (Å²) in [7, 11) is 1.49. The van der Waals surface area contributed by atoms with E-state index in [0.717, 1.165) is 19.4 Å². The van der Waals surface area contributed by atoms with E-state index in [0.29, 0.717) is 12.0 Å². The van der Waals surface area contributed by atoms with Gasteiger partial charge in [-0.2, -0.15) is 5.26 Å². The van der Waals surface area contributed by atoms with E-state index in [4.69, 9.17) is 26.3 Å². The predicted molar refractivity (Wildman–Crippen MR) is 128 cm³/mol. The van der Waals surface area contributed by atoms with Crippen LogP contribution in [0.4, 0.5) is 5.69 Å². The average Bonchev–Trinajstić information content (AvgIpc) is 2.84. The van der Waals surface area contributed by atoms with E-state index in [1.165, 1.54) is 36.2 Å². The van der Waals surface area contributed by atoms with Crippen molar-refractivity contribution in [3.63, 3.8) is 0 Å². The molecule has 0 heterocycles. The van der Waals surface area contributed by atoms with Crippen LogP contribution in [0.2, 0.25) is 0 Å². The first-order valence-corrected chi connectivity index (χ1v) is 11.2. The van der Waals surface area contributed by atoms with E-state index >= 15 is 0 Å². The topological polar surface area (TPSA) is 126 Å². The second kappa shape index (κ2) is 13.1. The van der Waals surface area contributed by atoms with E-state index in [9.17, 15) is 19.2 Å². The molecule has 9 nitrogen and oxygen atoms in total. The molecule has 1 N–H and O–H groups in total. The van der Waals surface area contributed by atoms with Crippen molar-refractivity contribution in [2.45, 2.75) is 38.5 Å². The monoisotopic (exact) mass is 499 g/mol. The van der Waals surface area contributed by atoms with Gasteiger partial charge < -0.3 is 19.7 Å². The second-order valence-corrected chi connectivity index (χ2v) is 7.97. The number of likely N-dealkylation sites (N-methyl/N-ethyl adjacent to an activating group) is 1. The van der Waals surface area contributed by atoms with Crippen LogP contribution < -0.4 is 5.32 Å². The van der Waals surface area contributed by atoms with E-state index in [1.54, 1.807) is 0 Å². The van der Waals surface area contributed by atoms with Crippen LogP contribution in [0.3, 0.4) is 0 Å². The molecule has 0 saturated heterocycles. The molecule has 0 aliphatic rings. The number of amides is 2. The lowest BCUT2D eigenvalue weighted by Crippen LogP contribution is -2.52. The van der Waals surface area contributed by atoms with Crippen molar-refractivity contribution < 1.29 is 28.7 Å². The summed E-state index contributed by atoms with van der Waals surface area (Å²) in [6, 6.07) is 16.5. The van der Waals surface area contributed by atoms with Crippen LogP contribution in [0, 0.1) is 11.3 Å². The number of alkyl halides is 1. The number of hydrogen-bond donors (Lipinski definition) is 1. The Morgan fingerprint density at radius 3 is 2.06 bits per heavy atom. The minimum atomic E-state index is -1.77. The molecule has 0 saturated carbocycles. The Kier molecular flexibility index (Phi) is 10.2. The van der Waals surface area contributed by atoms with Gasteiger partial charge in [0.2, 0.25) is 12.2 Å². The fraction of sp³-hybridized carbons (Fsp3) is 0.320. The molecule has 10 heteroatoms. The highest BCUT2D eigenvalue weighted by molar-refractivity contribution is 6.17. The SMILES string of the molecule is CC(=O)O[C@@H](C(=O)Nc1ccc(C#N)cc1)[C@@H](OC(C)=O)C(=O)N(C)C(CCCl)c1ccccc1. The zero-order valence-electron chi connectivity index (χ0n) is 19.6. The molecule has 2 rings (SSSR count). The molecule has 1 unspecified atom stereocenters. The van der Waals surface area contributed by atoms with Gasteiger partial charge in [-0.1, -0.05) is 30.3 Å². The highest BCUT2D eigenvalue weighted by atomic mass is 35.5. The molecule has 0 fully saturated rings. The van der Waals surface area contributed by atoms with Gasteiger partial charge in [0, 0.05) is 32.5 Å². The molecule has 0 aliphatic carbocycles. The normalized spacial score (nSPS) is 12.9. The molecule has 0 radical (unpaired) electrons. The number of nitrogens with one attached hydrogen (secondary N) is 1. The lowest BCUT2D eigenvalue weighted by Gasteiger charge is -2.33. The first-order valence-electron chi connectivity index (χ1n) is 10.7. The summed E-state index contributed by atoms with van der Waals surface area (Å²) in [4.78, 5) is 51.6. The van der Waals surface area contributed by atoms with Crippen molar-refractivity contribution in [2.75, 3.05) is 18.2 Å². The summed E-state index contributed by atoms with van der Waals surface area (Å²) in [6.07, 6.45) is -3.13. The number of anilines is 1. The van der Waals surface area contributed by atoms with Crippen molar-refractivity contribution >= 4 is 41.0 Å². The van der Waals surface area contributed by atoms with Gasteiger partial charge in [0.05, 0.1) is 17.7 Å². The number of halogens is 1. The van der Waals surface area contributed by atoms with Crippen molar-refractivity contribution in [1.82, 2.24) is 4.90 Å². The van der Waals surface area contributed by atoms with E-state index in [-0.39, 0.29) is 11.6 Å². The molecule has 2 aromatic carbocycles. The highest BCUT2D eigenvalue weighted by Gasteiger charge is 2.42. The summed E-state index contributed by atoms with van der Waals surface area (Å²) < 4.78 is 10.4. The van der Waals surface area contributed by atoms with Crippen LogP contribution in [0.25, 0.3) is 0 Å². The number of benzene rings is 2. The summed E-state index contributed by atoms with van der Waals surface area (Å²) >= 11 is 5.98. The zero-order chi connectivity index (χ0) is 26.0. The lowest BCUT2D eigenvalue weighted by molar-refractivity contribution is -0.177. The number of nitrogens with zero attached hydrogens (tertiary/aromatic N) is 2. The third-order valence-corrected chi connectivity index (χ3v) is 5.24. The number of carbonyl (C=O) groups is 4. The Labute approximate surface area is 208 Å². The van der Waals surface area contributed by atoms with Crippen LogP contribution in [-0.4, -0.2) is 53.8 Å². The second-order valence-electron chi connectivity index (χ2n) is 7.59. The molecule has 2 aromatic rings. The van der Waals surface area contributed by atoms with Crippen LogP contribution in [0.5, 0.6) is 0 Å². The number of hydrogen-bond acceptors (Lipinski definition) is 7. The Hall–Kier alpha value is -3.90. The minimum absolute atomic E-state index is 0.238. The summed E-state index contributed by atoms with van der Waals surface area (Å²) in [5.74, 6) is -3.08. The third kappa shape index (κ3) is 7.83. The molecule has 3 atom stereocenters. The van der Waals surface area contributed by atoms with Crippen molar-refractivity contribution in [2.24, 2.45) is 0 Å². The van der Waals surface area contributed by atoms with Crippen LogP contribution in [0.1, 0.15) is 37.4 Å². The fourth-order valence-corrected chi connectivity index (χ4v) is 3.62. The summed E-state index contributed by atoms with van der Waals surface area (Å²) in [5.41, 5.74) is 1.45. The number of nitriles is 1. The minimum Gasteiger partial charge on any atom is -0.448 e. The number of carbonyl (C=O) groups excluding carboxylic acids is 4. The average molecular weight is 500 g/mol. The molecule has 0 spiro atoms. The van der Waals surface area contributed by atoms with Crippen molar-refractivity contribution in [1.29, 1.82) is 5.26 Å².